The van der Waals surface area contributed by atoms with E-state index in [1.807, 2.05) is 0 Å². The zero-order chi connectivity index (χ0) is 11.1. The van der Waals surface area contributed by atoms with Gasteiger partial charge in [-0.15, -0.1) is 0 Å². The Balaban J connectivity index is 2.31. The summed E-state index contributed by atoms with van der Waals surface area (Å²) in [5.41, 5.74) is 7.11. The van der Waals surface area contributed by atoms with E-state index in [1.165, 1.54) is 0 Å². The molecular weight excluding hydrogens is 193 g/mol. The number of aryl methyl sites for hydroxylation is 1. The van der Waals surface area contributed by atoms with E-state index in [9.17, 15) is 4.39 Å². The summed E-state index contributed by atoms with van der Waals surface area (Å²) in [7, 11) is 1.59. The normalized spacial score (nSPS) is 17.6. The molecule has 0 spiro atoms. The summed E-state index contributed by atoms with van der Waals surface area (Å²) >= 11 is 0. The SMILES string of the molecule is COc1cc(C)c(F)c(CC2(N)CC2)c1. The maximum atomic E-state index is 13.8. The van der Waals surface area contributed by atoms with E-state index in [-0.39, 0.29) is 11.4 Å². The number of benzene rings is 1. The third-order valence-electron chi connectivity index (χ3n) is 2.97. The fraction of sp³-hybridized carbons (Fsp3) is 0.500. The fourth-order valence-electron chi connectivity index (χ4n) is 1.77. The highest BCUT2D eigenvalue weighted by Crippen LogP contribution is 2.37. The van der Waals surface area contributed by atoms with Crippen LogP contribution in [-0.4, -0.2) is 12.6 Å². The molecule has 1 aromatic rings. The highest BCUT2D eigenvalue weighted by molar-refractivity contribution is 5.37. The molecule has 0 saturated heterocycles. The number of hydrogen-bond acceptors (Lipinski definition) is 2. The zero-order valence-corrected chi connectivity index (χ0v) is 9.14. The number of halogens is 1. The van der Waals surface area contributed by atoms with Crippen LogP contribution in [0.4, 0.5) is 4.39 Å². The molecule has 0 bridgehead atoms. The van der Waals surface area contributed by atoms with Gasteiger partial charge in [-0.1, -0.05) is 0 Å². The number of hydrogen-bond donors (Lipinski definition) is 1. The van der Waals surface area contributed by atoms with E-state index in [0.29, 0.717) is 23.3 Å². The monoisotopic (exact) mass is 209 g/mol. The molecule has 2 rings (SSSR count). The standard InChI is InChI=1S/C12H16FNO/c1-8-5-10(15-2)6-9(11(8)13)7-12(14)3-4-12/h5-6H,3-4,7,14H2,1-2H3. The van der Waals surface area contributed by atoms with Gasteiger partial charge in [0.1, 0.15) is 11.6 Å². The highest BCUT2D eigenvalue weighted by atomic mass is 19.1. The number of rotatable bonds is 3. The van der Waals surface area contributed by atoms with Gasteiger partial charge < -0.3 is 10.5 Å². The molecule has 1 aliphatic carbocycles. The van der Waals surface area contributed by atoms with Crippen LogP contribution in [0.25, 0.3) is 0 Å². The molecule has 0 unspecified atom stereocenters. The molecule has 0 aromatic heterocycles. The summed E-state index contributed by atoms with van der Waals surface area (Å²) < 4.78 is 18.9. The average molecular weight is 209 g/mol. The van der Waals surface area contributed by atoms with E-state index in [1.54, 1.807) is 26.2 Å². The van der Waals surface area contributed by atoms with Crippen molar-refractivity contribution in [1.29, 1.82) is 0 Å². The number of methoxy groups -OCH3 is 1. The molecule has 1 fully saturated rings. The van der Waals surface area contributed by atoms with Crippen molar-refractivity contribution in [3.8, 4) is 5.75 Å². The molecule has 1 saturated carbocycles. The van der Waals surface area contributed by atoms with E-state index in [0.717, 1.165) is 12.8 Å². The maximum absolute atomic E-state index is 13.8. The minimum atomic E-state index is -0.167. The van der Waals surface area contributed by atoms with Crippen molar-refractivity contribution in [3.05, 3.63) is 29.1 Å². The second-order valence-electron chi connectivity index (χ2n) is 4.46. The summed E-state index contributed by atoms with van der Waals surface area (Å²) in [6, 6.07) is 3.45. The second kappa shape index (κ2) is 3.49. The molecule has 0 radical (unpaired) electrons. The van der Waals surface area contributed by atoms with Crippen molar-refractivity contribution in [2.75, 3.05) is 7.11 Å². The predicted molar refractivity (Wildman–Crippen MR) is 57.5 cm³/mol. The van der Waals surface area contributed by atoms with E-state index in [4.69, 9.17) is 10.5 Å². The lowest BCUT2D eigenvalue weighted by atomic mass is 10.0. The maximum Gasteiger partial charge on any atom is 0.129 e. The highest BCUT2D eigenvalue weighted by Gasteiger charge is 2.38. The van der Waals surface area contributed by atoms with Crippen LogP contribution in [0.2, 0.25) is 0 Å². The van der Waals surface area contributed by atoms with Gasteiger partial charge in [0.2, 0.25) is 0 Å². The molecule has 1 aromatic carbocycles. The van der Waals surface area contributed by atoms with Gasteiger partial charge in [-0.2, -0.15) is 0 Å². The fourth-order valence-corrected chi connectivity index (χ4v) is 1.77. The summed E-state index contributed by atoms with van der Waals surface area (Å²) in [6.45, 7) is 1.75. The third-order valence-corrected chi connectivity index (χ3v) is 2.97. The Morgan fingerprint density at radius 1 is 1.47 bits per heavy atom. The van der Waals surface area contributed by atoms with Gasteiger partial charge in [0.15, 0.2) is 0 Å². The smallest absolute Gasteiger partial charge is 0.129 e. The quantitative estimate of drug-likeness (QED) is 0.828. The Labute approximate surface area is 89.2 Å². The minimum Gasteiger partial charge on any atom is -0.497 e. The van der Waals surface area contributed by atoms with E-state index in [2.05, 4.69) is 0 Å². The summed E-state index contributed by atoms with van der Waals surface area (Å²) in [5.74, 6) is 0.556. The Bertz CT molecular complexity index is 385. The van der Waals surface area contributed by atoms with Crippen molar-refractivity contribution >= 4 is 0 Å². The first kappa shape index (κ1) is 10.4. The second-order valence-corrected chi connectivity index (χ2v) is 4.46. The Hall–Kier alpha value is -1.09. The van der Waals surface area contributed by atoms with Crippen LogP contribution in [0.1, 0.15) is 24.0 Å². The molecular formula is C12H16FNO. The van der Waals surface area contributed by atoms with Crippen LogP contribution in [0.3, 0.4) is 0 Å². The van der Waals surface area contributed by atoms with E-state index < -0.39 is 0 Å². The first-order valence-corrected chi connectivity index (χ1v) is 5.16. The van der Waals surface area contributed by atoms with Crippen LogP contribution >= 0.6 is 0 Å². The lowest BCUT2D eigenvalue weighted by Gasteiger charge is -2.12. The van der Waals surface area contributed by atoms with Crippen molar-refractivity contribution in [2.24, 2.45) is 5.73 Å². The molecule has 0 atom stereocenters. The molecule has 3 heteroatoms. The van der Waals surface area contributed by atoms with Crippen LogP contribution in [0, 0.1) is 12.7 Å². The Morgan fingerprint density at radius 2 is 2.13 bits per heavy atom. The van der Waals surface area contributed by atoms with Gasteiger partial charge in [-0.3, -0.25) is 0 Å². The molecule has 0 aliphatic heterocycles. The first-order valence-electron chi connectivity index (χ1n) is 5.16. The molecule has 0 amide bonds. The van der Waals surface area contributed by atoms with Gasteiger partial charge in [-0.05, 0) is 49.4 Å². The van der Waals surface area contributed by atoms with Gasteiger partial charge in [-0.25, -0.2) is 4.39 Å². The van der Waals surface area contributed by atoms with Crippen LogP contribution < -0.4 is 10.5 Å². The van der Waals surface area contributed by atoms with Gasteiger partial charge >= 0.3 is 0 Å². The molecule has 0 heterocycles. The van der Waals surface area contributed by atoms with Crippen molar-refractivity contribution in [3.63, 3.8) is 0 Å². The Kier molecular flexibility index (Phi) is 2.43. The molecule has 2 N–H and O–H groups in total. The lowest BCUT2D eigenvalue weighted by molar-refractivity contribution is 0.411. The Morgan fingerprint density at radius 3 is 2.67 bits per heavy atom. The molecule has 1 aliphatic rings. The summed E-state index contributed by atoms with van der Waals surface area (Å²) in [6.07, 6.45) is 2.59. The molecule has 15 heavy (non-hydrogen) atoms. The largest absolute Gasteiger partial charge is 0.497 e. The van der Waals surface area contributed by atoms with Gasteiger partial charge in [0, 0.05) is 5.54 Å². The average Bonchev–Trinajstić information content (AvgIpc) is 2.91. The van der Waals surface area contributed by atoms with Crippen molar-refractivity contribution in [1.82, 2.24) is 0 Å². The van der Waals surface area contributed by atoms with Gasteiger partial charge in [0.25, 0.3) is 0 Å². The zero-order valence-electron chi connectivity index (χ0n) is 9.14. The van der Waals surface area contributed by atoms with Crippen molar-refractivity contribution < 1.29 is 9.13 Å². The lowest BCUT2D eigenvalue weighted by Crippen LogP contribution is -2.25. The third kappa shape index (κ3) is 2.12. The first-order chi connectivity index (χ1) is 7.04. The van der Waals surface area contributed by atoms with Gasteiger partial charge in [0.05, 0.1) is 7.11 Å². The van der Waals surface area contributed by atoms with Crippen LogP contribution in [0.5, 0.6) is 5.75 Å². The number of nitrogens with two attached hydrogens (primary N) is 1. The number of ether oxygens (including phenoxy) is 1. The predicted octanol–water partition coefficient (Wildman–Crippen LogP) is 2.18. The minimum absolute atomic E-state index is 0.146. The molecule has 82 valence electrons. The van der Waals surface area contributed by atoms with Crippen molar-refractivity contribution in [2.45, 2.75) is 31.7 Å². The van der Waals surface area contributed by atoms with Crippen LogP contribution in [0.15, 0.2) is 12.1 Å². The summed E-state index contributed by atoms with van der Waals surface area (Å²) in [4.78, 5) is 0. The topological polar surface area (TPSA) is 35.2 Å². The summed E-state index contributed by atoms with van der Waals surface area (Å²) in [5, 5.41) is 0. The van der Waals surface area contributed by atoms with E-state index >= 15 is 0 Å². The molecule has 2 nitrogen and oxygen atoms in total. The van der Waals surface area contributed by atoms with Crippen LogP contribution in [-0.2, 0) is 6.42 Å².